The third-order valence-electron chi connectivity index (χ3n) is 11.5. The van der Waals surface area contributed by atoms with E-state index in [1.807, 2.05) is 0 Å². The van der Waals surface area contributed by atoms with Crippen LogP contribution in [0.15, 0.2) is 48.6 Å². The van der Waals surface area contributed by atoms with Gasteiger partial charge in [0.2, 0.25) is 0 Å². The van der Waals surface area contributed by atoms with E-state index in [0.717, 1.165) is 11.8 Å². The highest BCUT2D eigenvalue weighted by atomic mass is 14.8. The van der Waals surface area contributed by atoms with Crippen LogP contribution in [0.4, 0.5) is 0 Å². The van der Waals surface area contributed by atoms with Crippen LogP contribution in [0.25, 0.3) is 0 Å². The van der Waals surface area contributed by atoms with Gasteiger partial charge >= 0.3 is 0 Å². The Morgan fingerprint density at radius 1 is 0.438 bits per heavy atom. The Kier molecular flexibility index (Phi) is 4.54. The second-order valence-corrected chi connectivity index (χ2v) is 14.0. The number of hydrogen-bond acceptors (Lipinski definition) is 0. The maximum atomic E-state index is 2.69. The number of allylic oxidation sites excluding steroid dienone is 8. The molecule has 0 radical (unpaired) electrons. The van der Waals surface area contributed by atoms with E-state index in [9.17, 15) is 0 Å². The molecule has 0 N–H and O–H groups in total. The van der Waals surface area contributed by atoms with Crippen LogP contribution in [0.2, 0.25) is 0 Å². The van der Waals surface area contributed by atoms with Crippen molar-refractivity contribution in [3.63, 3.8) is 0 Å². The summed E-state index contributed by atoms with van der Waals surface area (Å²) in [5, 5.41) is 0. The number of rotatable bonds is 5. The molecule has 0 aromatic carbocycles. The SMILES string of the molecule is CC=CC12CC3CC(C1)CC(C14CC5(C=CC)CC(C=CC)(CC(C=CC)(C5)C1)C4)(C3)C2. The Labute approximate surface area is 197 Å². The van der Waals surface area contributed by atoms with Gasteiger partial charge in [0.15, 0.2) is 0 Å². The lowest BCUT2D eigenvalue weighted by Crippen LogP contribution is -2.68. The minimum Gasteiger partial charge on any atom is -0.0911 e. The quantitative estimate of drug-likeness (QED) is 0.381. The van der Waals surface area contributed by atoms with Crippen molar-refractivity contribution in [3.05, 3.63) is 48.6 Å². The minimum absolute atomic E-state index is 0.416. The first-order chi connectivity index (χ1) is 15.3. The molecule has 8 rings (SSSR count). The summed E-state index contributed by atoms with van der Waals surface area (Å²) in [6.07, 6.45) is 38.2. The molecule has 8 fully saturated rings. The molecule has 2 unspecified atom stereocenters. The minimum atomic E-state index is 0.416. The van der Waals surface area contributed by atoms with Gasteiger partial charge in [-0.2, -0.15) is 0 Å². The average Bonchev–Trinajstić information content (AvgIpc) is 2.65. The summed E-state index contributed by atoms with van der Waals surface area (Å²) in [5.41, 5.74) is 2.89. The molecule has 0 aromatic rings. The summed E-state index contributed by atoms with van der Waals surface area (Å²) in [6, 6.07) is 0. The normalized spacial score (nSPS) is 56.1. The molecule has 8 bridgehead atoms. The van der Waals surface area contributed by atoms with Gasteiger partial charge in [0.05, 0.1) is 0 Å². The van der Waals surface area contributed by atoms with Crippen molar-refractivity contribution in [1.82, 2.24) is 0 Å². The maximum Gasteiger partial charge on any atom is -0.00963 e. The highest BCUT2D eigenvalue weighted by Gasteiger charge is 2.73. The van der Waals surface area contributed by atoms with Gasteiger partial charge in [-0.15, -0.1) is 0 Å². The molecule has 0 nitrogen and oxygen atoms in total. The summed E-state index contributed by atoms with van der Waals surface area (Å²) in [7, 11) is 0. The van der Waals surface area contributed by atoms with E-state index < -0.39 is 0 Å². The zero-order valence-electron chi connectivity index (χ0n) is 21.3. The Bertz CT molecular complexity index is 802. The molecule has 8 aliphatic carbocycles. The molecule has 0 heteroatoms. The Hall–Kier alpha value is -1.04. The van der Waals surface area contributed by atoms with Gasteiger partial charge in [0.1, 0.15) is 0 Å². The van der Waals surface area contributed by atoms with E-state index in [-0.39, 0.29) is 0 Å². The van der Waals surface area contributed by atoms with Crippen molar-refractivity contribution in [2.75, 3.05) is 0 Å². The van der Waals surface area contributed by atoms with Crippen LogP contribution < -0.4 is 0 Å². The van der Waals surface area contributed by atoms with E-state index in [0.29, 0.717) is 32.5 Å². The van der Waals surface area contributed by atoms with E-state index in [4.69, 9.17) is 0 Å². The second-order valence-electron chi connectivity index (χ2n) is 14.0. The lowest BCUT2D eigenvalue weighted by Gasteiger charge is -2.77. The van der Waals surface area contributed by atoms with Crippen LogP contribution >= 0.6 is 0 Å². The van der Waals surface area contributed by atoms with Crippen LogP contribution in [0.5, 0.6) is 0 Å². The molecule has 8 saturated carbocycles. The Morgan fingerprint density at radius 3 is 1.22 bits per heavy atom. The van der Waals surface area contributed by atoms with E-state index >= 15 is 0 Å². The topological polar surface area (TPSA) is 0 Å². The van der Waals surface area contributed by atoms with Crippen molar-refractivity contribution in [1.29, 1.82) is 0 Å². The molecular formula is C32H46. The largest absolute Gasteiger partial charge is 0.0911 e. The highest BCUT2D eigenvalue weighted by molar-refractivity contribution is 5.32. The molecule has 32 heavy (non-hydrogen) atoms. The fourth-order valence-electron chi connectivity index (χ4n) is 12.5. The van der Waals surface area contributed by atoms with E-state index in [2.05, 4.69) is 76.3 Å². The lowest BCUT2D eigenvalue weighted by molar-refractivity contribution is -0.249. The summed E-state index contributed by atoms with van der Waals surface area (Å²) < 4.78 is 0. The van der Waals surface area contributed by atoms with Crippen LogP contribution in [-0.4, -0.2) is 0 Å². The second kappa shape index (κ2) is 6.76. The molecule has 0 heterocycles. The van der Waals surface area contributed by atoms with Crippen molar-refractivity contribution in [2.24, 2.45) is 44.3 Å². The molecule has 0 saturated heterocycles. The fourth-order valence-corrected chi connectivity index (χ4v) is 12.5. The summed E-state index contributed by atoms with van der Waals surface area (Å²) in [4.78, 5) is 0. The van der Waals surface area contributed by atoms with Gasteiger partial charge in [-0.05, 0) is 149 Å². The van der Waals surface area contributed by atoms with Crippen molar-refractivity contribution in [3.8, 4) is 0 Å². The first-order valence-corrected chi connectivity index (χ1v) is 13.9. The first kappa shape index (κ1) is 21.5. The van der Waals surface area contributed by atoms with Crippen LogP contribution in [0, 0.1) is 44.3 Å². The lowest BCUT2D eigenvalue weighted by atomic mass is 9.27. The predicted octanol–water partition coefficient (Wildman–Crippen LogP) is 9.20. The smallest absolute Gasteiger partial charge is 0.00963 e. The molecule has 0 aliphatic heterocycles. The zero-order valence-corrected chi connectivity index (χ0v) is 21.3. The third-order valence-corrected chi connectivity index (χ3v) is 11.5. The number of hydrogen-bond donors (Lipinski definition) is 0. The van der Waals surface area contributed by atoms with Gasteiger partial charge in [-0.25, -0.2) is 0 Å². The molecule has 0 aromatic heterocycles. The molecule has 174 valence electrons. The molecular weight excluding hydrogens is 384 g/mol. The third kappa shape index (κ3) is 2.80. The molecule has 2 atom stereocenters. The average molecular weight is 431 g/mol. The van der Waals surface area contributed by atoms with Crippen molar-refractivity contribution in [2.45, 2.75) is 105 Å². The van der Waals surface area contributed by atoms with E-state index in [1.54, 1.807) is 12.8 Å². The predicted molar refractivity (Wildman–Crippen MR) is 136 cm³/mol. The first-order valence-electron chi connectivity index (χ1n) is 13.9. The maximum absolute atomic E-state index is 2.69. The van der Waals surface area contributed by atoms with Gasteiger partial charge < -0.3 is 0 Å². The van der Waals surface area contributed by atoms with Gasteiger partial charge in [-0.3, -0.25) is 0 Å². The summed E-state index contributed by atoms with van der Waals surface area (Å²) in [5.74, 6) is 1.99. The van der Waals surface area contributed by atoms with Crippen LogP contribution in [-0.2, 0) is 0 Å². The fraction of sp³-hybridized carbons (Fsp3) is 0.750. The van der Waals surface area contributed by atoms with E-state index in [1.165, 1.54) is 64.2 Å². The molecule has 0 amide bonds. The van der Waals surface area contributed by atoms with Gasteiger partial charge in [-0.1, -0.05) is 48.6 Å². The highest BCUT2D eigenvalue weighted by Crippen LogP contribution is 2.83. The van der Waals surface area contributed by atoms with Crippen LogP contribution in [0.3, 0.4) is 0 Å². The van der Waals surface area contributed by atoms with Crippen LogP contribution in [0.1, 0.15) is 105 Å². The van der Waals surface area contributed by atoms with Crippen molar-refractivity contribution < 1.29 is 0 Å². The monoisotopic (exact) mass is 430 g/mol. The van der Waals surface area contributed by atoms with Gasteiger partial charge in [0, 0.05) is 0 Å². The van der Waals surface area contributed by atoms with Gasteiger partial charge in [0.25, 0.3) is 0 Å². The Balaban J connectivity index is 1.53. The molecule has 8 aliphatic rings. The molecule has 0 spiro atoms. The zero-order chi connectivity index (χ0) is 22.3. The Morgan fingerprint density at radius 2 is 0.812 bits per heavy atom. The standard InChI is InChI=1S/C32H46/c1-5-9-27-14-25-13-26(15-27)17-31(16-25,21-27)32-22-28(10-6-2)18-29(23-32,11-7-3)20-30(19-28,24-32)12-8-4/h5-12,25-26H,13-24H2,1-4H3. The van der Waals surface area contributed by atoms with Crippen molar-refractivity contribution >= 4 is 0 Å². The summed E-state index contributed by atoms with van der Waals surface area (Å²) in [6.45, 7) is 9.12. The summed E-state index contributed by atoms with van der Waals surface area (Å²) >= 11 is 0.